The molecular weight excluding hydrogens is 418 g/mol. The lowest BCUT2D eigenvalue weighted by Crippen LogP contribution is -2.54. The molecule has 0 saturated heterocycles. The molecule has 6 rings (SSSR count). The van der Waals surface area contributed by atoms with Gasteiger partial charge in [0.25, 0.3) is 5.91 Å². The van der Waals surface area contributed by atoms with Crippen LogP contribution in [0.4, 0.5) is 11.4 Å². The average Bonchev–Trinajstić information content (AvgIpc) is 3.23. The van der Waals surface area contributed by atoms with Crippen LogP contribution in [0.25, 0.3) is 0 Å². The van der Waals surface area contributed by atoms with Crippen LogP contribution in [0.5, 0.6) is 0 Å². The molecule has 2 N–H and O–H groups in total. The summed E-state index contributed by atoms with van der Waals surface area (Å²) >= 11 is 0. The molecule has 1 aromatic carbocycles. The second kappa shape index (κ2) is 9.43. The van der Waals surface area contributed by atoms with Crippen LogP contribution < -0.4 is 10.6 Å². The Labute approximate surface area is 195 Å². The molecule has 1 aromatic heterocycles. The van der Waals surface area contributed by atoms with Gasteiger partial charge in [0.15, 0.2) is 12.0 Å². The minimum atomic E-state index is -0.414. The number of nitrogens with zero attached hydrogens (tertiary/aromatic N) is 3. The van der Waals surface area contributed by atoms with Crippen molar-refractivity contribution in [1.29, 1.82) is 0 Å². The van der Waals surface area contributed by atoms with E-state index in [4.69, 9.17) is 9.47 Å². The second-order valence-electron chi connectivity index (χ2n) is 9.99. The molecular formula is C25H35N5O3. The zero-order valence-corrected chi connectivity index (χ0v) is 19.6. The number of hydrogen-bond acceptors (Lipinski definition) is 6. The van der Waals surface area contributed by atoms with E-state index in [0.717, 1.165) is 29.1 Å². The number of nitrogens with one attached hydrogen (secondary N) is 2. The Bertz CT molecular complexity index is 933. The van der Waals surface area contributed by atoms with E-state index in [2.05, 4.69) is 27.0 Å². The number of anilines is 2. The van der Waals surface area contributed by atoms with Crippen LogP contribution in [0.2, 0.25) is 0 Å². The average molecular weight is 454 g/mol. The van der Waals surface area contributed by atoms with Gasteiger partial charge in [-0.05, 0) is 82.3 Å². The fraction of sp³-hybridized carbons (Fsp3) is 0.640. The van der Waals surface area contributed by atoms with E-state index in [1.54, 1.807) is 10.9 Å². The topological polar surface area (TPSA) is 90.3 Å². The van der Waals surface area contributed by atoms with E-state index in [9.17, 15) is 4.79 Å². The van der Waals surface area contributed by atoms with Gasteiger partial charge in [0, 0.05) is 18.8 Å². The van der Waals surface area contributed by atoms with Crippen molar-refractivity contribution in [2.24, 2.45) is 17.8 Å². The first-order valence-electron chi connectivity index (χ1n) is 12.4. The van der Waals surface area contributed by atoms with Crippen LogP contribution >= 0.6 is 0 Å². The number of rotatable bonds is 10. The highest BCUT2D eigenvalue weighted by molar-refractivity contribution is 6.04. The molecule has 0 aliphatic heterocycles. The fourth-order valence-electron chi connectivity index (χ4n) is 6.61. The smallest absolute Gasteiger partial charge is 0.277 e. The summed E-state index contributed by atoms with van der Waals surface area (Å²) in [6.45, 7) is 5.30. The Hall–Kier alpha value is -2.45. The van der Waals surface area contributed by atoms with Crippen molar-refractivity contribution < 1.29 is 14.3 Å². The maximum absolute atomic E-state index is 13.0. The molecule has 4 aliphatic carbocycles. The number of ether oxygens (including phenoxy) is 2. The van der Waals surface area contributed by atoms with Crippen LogP contribution in [-0.4, -0.2) is 45.9 Å². The molecule has 33 heavy (non-hydrogen) atoms. The molecule has 8 nitrogen and oxygen atoms in total. The Morgan fingerprint density at radius 2 is 1.67 bits per heavy atom. The van der Waals surface area contributed by atoms with E-state index in [1.807, 2.05) is 32.0 Å². The van der Waals surface area contributed by atoms with Crippen molar-refractivity contribution in [3.05, 3.63) is 36.2 Å². The number of carbonyl (C=O) groups excluding carboxylic acids is 1. The summed E-state index contributed by atoms with van der Waals surface area (Å²) in [5.41, 5.74) is 2.22. The largest absolute Gasteiger partial charge is 0.378 e. The molecule has 178 valence electrons. The molecule has 1 amide bonds. The number of hydrogen-bond donors (Lipinski definition) is 2. The molecule has 4 aliphatic rings. The van der Waals surface area contributed by atoms with Crippen LogP contribution in [0.1, 0.15) is 62.9 Å². The Morgan fingerprint density at radius 1 is 1.06 bits per heavy atom. The third kappa shape index (κ3) is 4.92. The summed E-state index contributed by atoms with van der Waals surface area (Å²) in [5.74, 6) is 2.30. The molecule has 4 bridgehead atoms. The molecule has 2 aromatic rings. The van der Waals surface area contributed by atoms with Gasteiger partial charge in [0.1, 0.15) is 0 Å². The summed E-state index contributed by atoms with van der Waals surface area (Å²) < 4.78 is 12.7. The summed E-state index contributed by atoms with van der Waals surface area (Å²) in [4.78, 5) is 13.0. The highest BCUT2D eigenvalue weighted by Crippen LogP contribution is 2.56. The molecule has 0 atom stereocenters. The van der Waals surface area contributed by atoms with E-state index in [-0.39, 0.29) is 17.1 Å². The maximum Gasteiger partial charge on any atom is 0.277 e. The Kier molecular flexibility index (Phi) is 6.38. The molecule has 1 heterocycles. The number of para-hydroxylation sites is 2. The van der Waals surface area contributed by atoms with Crippen LogP contribution in [-0.2, 0) is 16.0 Å². The standard InChI is InChI=1S/C25H35N5O3/c1-3-32-23(33-4-2)16-30-15-22(28-29-30)24(31)26-20-7-5-6-8-21(20)27-25-12-17-9-18(13-25)11-19(10-17)14-25/h5-8,15,17-19,23,27H,3-4,9-14,16H2,1-2H3,(H,26,31). The van der Waals surface area contributed by atoms with Gasteiger partial charge in [0.2, 0.25) is 0 Å². The number of amides is 1. The van der Waals surface area contributed by atoms with Gasteiger partial charge >= 0.3 is 0 Å². The first-order valence-corrected chi connectivity index (χ1v) is 12.4. The van der Waals surface area contributed by atoms with Crippen LogP contribution in [0.3, 0.4) is 0 Å². The van der Waals surface area contributed by atoms with Crippen LogP contribution in [0, 0.1) is 17.8 Å². The van der Waals surface area contributed by atoms with Crippen molar-refractivity contribution in [1.82, 2.24) is 15.0 Å². The van der Waals surface area contributed by atoms with Gasteiger partial charge in [-0.25, -0.2) is 4.68 Å². The molecule has 0 spiro atoms. The summed E-state index contributed by atoms with van der Waals surface area (Å²) in [6, 6.07) is 7.99. The summed E-state index contributed by atoms with van der Waals surface area (Å²) in [7, 11) is 0. The van der Waals surface area contributed by atoms with Crippen molar-refractivity contribution >= 4 is 17.3 Å². The monoisotopic (exact) mass is 453 g/mol. The van der Waals surface area contributed by atoms with Gasteiger partial charge in [0.05, 0.1) is 24.1 Å². The highest BCUT2D eigenvalue weighted by Gasteiger charge is 2.51. The number of benzene rings is 1. The Balaban J connectivity index is 1.26. The van der Waals surface area contributed by atoms with Gasteiger partial charge in [-0.3, -0.25) is 4.79 Å². The number of carbonyl (C=O) groups is 1. The van der Waals surface area contributed by atoms with Gasteiger partial charge in [-0.1, -0.05) is 17.3 Å². The van der Waals surface area contributed by atoms with E-state index < -0.39 is 6.29 Å². The summed E-state index contributed by atoms with van der Waals surface area (Å²) in [5, 5.41) is 15.1. The van der Waals surface area contributed by atoms with Crippen molar-refractivity contribution in [2.75, 3.05) is 23.8 Å². The van der Waals surface area contributed by atoms with Gasteiger partial charge in [-0.2, -0.15) is 0 Å². The van der Waals surface area contributed by atoms with Crippen LogP contribution in [0.15, 0.2) is 30.5 Å². The summed E-state index contributed by atoms with van der Waals surface area (Å²) in [6.07, 6.45) is 9.18. The highest BCUT2D eigenvalue weighted by atomic mass is 16.7. The minimum absolute atomic E-state index is 0.173. The predicted molar refractivity (Wildman–Crippen MR) is 126 cm³/mol. The van der Waals surface area contributed by atoms with Crippen molar-refractivity contribution in [3.63, 3.8) is 0 Å². The van der Waals surface area contributed by atoms with Crippen molar-refractivity contribution in [3.8, 4) is 0 Å². The molecule has 8 heteroatoms. The normalized spacial score (nSPS) is 27.8. The fourth-order valence-corrected chi connectivity index (χ4v) is 6.61. The van der Waals surface area contributed by atoms with Crippen molar-refractivity contribution in [2.45, 2.75) is 70.7 Å². The lowest BCUT2D eigenvalue weighted by Gasteiger charge is -2.57. The minimum Gasteiger partial charge on any atom is -0.378 e. The lowest BCUT2D eigenvalue weighted by molar-refractivity contribution is -0.145. The van der Waals surface area contributed by atoms with Gasteiger partial charge in [-0.15, -0.1) is 5.10 Å². The maximum atomic E-state index is 13.0. The Morgan fingerprint density at radius 3 is 2.27 bits per heavy atom. The zero-order valence-electron chi connectivity index (χ0n) is 19.6. The van der Waals surface area contributed by atoms with Gasteiger partial charge < -0.3 is 20.1 Å². The van der Waals surface area contributed by atoms with E-state index in [1.165, 1.54) is 38.5 Å². The molecule has 0 unspecified atom stereocenters. The third-order valence-electron chi connectivity index (χ3n) is 7.43. The van der Waals surface area contributed by atoms with E-state index >= 15 is 0 Å². The lowest BCUT2D eigenvalue weighted by atomic mass is 9.53. The molecule has 4 fully saturated rings. The molecule has 0 radical (unpaired) electrons. The van der Waals surface area contributed by atoms with E-state index in [0.29, 0.717) is 19.8 Å². The molecule has 4 saturated carbocycles. The first-order chi connectivity index (χ1) is 16.1. The SMILES string of the molecule is CCOC(Cn1cc(C(=O)Nc2ccccc2NC23CC4CC(CC(C4)C2)C3)nn1)OCC. The third-order valence-corrected chi connectivity index (χ3v) is 7.43. The zero-order chi connectivity index (χ0) is 22.8. The first kappa shape index (κ1) is 22.3. The number of aromatic nitrogens is 3. The predicted octanol–water partition coefficient (Wildman–Crippen LogP) is 4.31. The second-order valence-corrected chi connectivity index (χ2v) is 9.99. The quantitative estimate of drug-likeness (QED) is 0.521.